The maximum Gasteiger partial charge on any atom is 0.221 e. The molecule has 0 aliphatic heterocycles. The lowest BCUT2D eigenvalue weighted by atomic mass is 9.91. The van der Waals surface area contributed by atoms with Gasteiger partial charge in [0, 0.05) is 5.38 Å². The number of rotatable bonds is 4. The number of para-hydroxylation sites is 1. The maximum atomic E-state index is 8.97. The summed E-state index contributed by atoms with van der Waals surface area (Å²) in [6, 6.07) is 4.92. The molecule has 0 atom stereocenters. The quantitative estimate of drug-likeness (QED) is 0.656. The van der Waals surface area contributed by atoms with Crippen LogP contribution in [-0.2, 0) is 6.42 Å². The highest BCUT2D eigenvalue weighted by Gasteiger charge is 2.18. The predicted octanol–water partition coefficient (Wildman–Crippen LogP) is 4.10. The first-order valence-corrected chi connectivity index (χ1v) is 7.03. The third-order valence-electron chi connectivity index (χ3n) is 2.66. The van der Waals surface area contributed by atoms with Crippen LogP contribution in [-0.4, -0.2) is 15.5 Å². The Balaban J connectivity index is 2.37. The van der Waals surface area contributed by atoms with Crippen LogP contribution in [0.5, 0.6) is 11.5 Å². The van der Waals surface area contributed by atoms with E-state index < -0.39 is 0 Å². The van der Waals surface area contributed by atoms with Gasteiger partial charge in [-0.2, -0.15) is 0 Å². The number of thiazole rings is 1. The second kappa shape index (κ2) is 5.78. The van der Waals surface area contributed by atoms with E-state index in [9.17, 15) is 0 Å². The van der Waals surface area contributed by atoms with Crippen LogP contribution >= 0.6 is 11.3 Å². The molecule has 1 aromatic heterocycles. The van der Waals surface area contributed by atoms with Gasteiger partial charge >= 0.3 is 0 Å². The van der Waals surface area contributed by atoms with Crippen LogP contribution < -0.4 is 9.78 Å². The third kappa shape index (κ3) is 3.27. The van der Waals surface area contributed by atoms with Gasteiger partial charge in [-0.25, -0.2) is 15.5 Å². The second-order valence-electron chi connectivity index (χ2n) is 5.70. The molecular weight excluding hydrogens is 278 g/mol. The van der Waals surface area contributed by atoms with Crippen molar-refractivity contribution in [3.8, 4) is 22.1 Å². The van der Waals surface area contributed by atoms with Gasteiger partial charge in [0.05, 0.1) is 11.3 Å². The van der Waals surface area contributed by atoms with Crippen molar-refractivity contribution >= 4 is 11.3 Å². The fourth-order valence-corrected chi connectivity index (χ4v) is 2.75. The first-order valence-electron chi connectivity index (χ1n) is 6.15. The summed E-state index contributed by atoms with van der Waals surface area (Å²) in [6.07, 6.45) is 0.856. The van der Waals surface area contributed by atoms with Crippen LogP contribution in [0.25, 0.3) is 10.6 Å². The maximum absolute atomic E-state index is 8.97. The van der Waals surface area contributed by atoms with Crippen molar-refractivity contribution in [2.24, 2.45) is 5.41 Å². The van der Waals surface area contributed by atoms with Crippen LogP contribution in [0, 0.1) is 5.41 Å². The highest BCUT2D eigenvalue weighted by Crippen LogP contribution is 2.39. The summed E-state index contributed by atoms with van der Waals surface area (Å²) in [7, 11) is 0. The van der Waals surface area contributed by atoms with Gasteiger partial charge in [0.2, 0.25) is 11.5 Å². The van der Waals surface area contributed by atoms with Crippen molar-refractivity contribution in [1.29, 1.82) is 0 Å². The Morgan fingerprint density at radius 2 is 1.95 bits per heavy atom. The Bertz CT molecular complexity index is 589. The van der Waals surface area contributed by atoms with Gasteiger partial charge in [-0.15, -0.1) is 11.3 Å². The highest BCUT2D eigenvalue weighted by molar-refractivity contribution is 7.13. The summed E-state index contributed by atoms with van der Waals surface area (Å²) in [6.45, 7) is 6.44. The van der Waals surface area contributed by atoms with E-state index in [-0.39, 0.29) is 16.9 Å². The zero-order valence-electron chi connectivity index (χ0n) is 11.6. The predicted molar refractivity (Wildman–Crippen MR) is 77.2 cm³/mol. The minimum atomic E-state index is 0.0394. The van der Waals surface area contributed by atoms with Crippen molar-refractivity contribution in [1.82, 2.24) is 4.98 Å². The van der Waals surface area contributed by atoms with Crippen LogP contribution in [0.15, 0.2) is 23.6 Å². The molecule has 0 fully saturated rings. The normalized spacial score (nSPS) is 11.4. The largest absolute Gasteiger partial charge is 0.336 e. The van der Waals surface area contributed by atoms with Gasteiger partial charge in [0.25, 0.3) is 0 Å². The standard InChI is InChI=1S/C14H17NO4S/c1-14(2,3)7-9-8-20-13(15-9)10-5-4-6-11(18-16)12(10)19-17/h4-6,8,16-17H,7H2,1-3H3. The van der Waals surface area contributed by atoms with Crippen LogP contribution in [0.1, 0.15) is 26.5 Å². The summed E-state index contributed by atoms with van der Waals surface area (Å²) in [4.78, 5) is 13.0. The molecule has 1 heterocycles. The summed E-state index contributed by atoms with van der Waals surface area (Å²) in [5.41, 5.74) is 1.71. The average Bonchev–Trinajstić information content (AvgIpc) is 2.83. The summed E-state index contributed by atoms with van der Waals surface area (Å²) in [5.74, 6) is 0.0873. The Kier molecular flexibility index (Phi) is 4.27. The zero-order chi connectivity index (χ0) is 14.8. The molecule has 0 amide bonds. The minimum Gasteiger partial charge on any atom is -0.336 e. The average molecular weight is 295 g/mol. The summed E-state index contributed by atoms with van der Waals surface area (Å²) < 4.78 is 0. The molecule has 108 valence electrons. The van der Waals surface area contributed by atoms with Crippen LogP contribution in [0.3, 0.4) is 0 Å². The number of hydrogen-bond acceptors (Lipinski definition) is 6. The van der Waals surface area contributed by atoms with Gasteiger partial charge in [0.1, 0.15) is 5.01 Å². The molecule has 0 spiro atoms. The summed E-state index contributed by atoms with van der Waals surface area (Å²) in [5, 5.41) is 20.4. The fourth-order valence-electron chi connectivity index (χ4n) is 1.91. The second-order valence-corrected chi connectivity index (χ2v) is 6.55. The van der Waals surface area contributed by atoms with E-state index in [0.29, 0.717) is 10.6 Å². The van der Waals surface area contributed by atoms with Crippen molar-refractivity contribution in [3.63, 3.8) is 0 Å². The molecule has 0 aliphatic carbocycles. The Labute approximate surface area is 121 Å². The number of benzene rings is 1. The van der Waals surface area contributed by atoms with Gasteiger partial charge in [0.15, 0.2) is 0 Å². The molecular formula is C14H17NO4S. The molecule has 5 nitrogen and oxygen atoms in total. The van der Waals surface area contributed by atoms with Gasteiger partial charge in [-0.3, -0.25) is 0 Å². The monoisotopic (exact) mass is 295 g/mol. The number of aromatic nitrogens is 1. The first-order chi connectivity index (χ1) is 9.44. The minimum absolute atomic E-state index is 0.0394. The lowest BCUT2D eigenvalue weighted by Gasteiger charge is -2.15. The molecule has 2 N–H and O–H groups in total. The van der Waals surface area contributed by atoms with Crippen molar-refractivity contribution in [3.05, 3.63) is 29.3 Å². The van der Waals surface area contributed by atoms with Gasteiger partial charge < -0.3 is 9.78 Å². The van der Waals surface area contributed by atoms with E-state index in [2.05, 4.69) is 35.5 Å². The molecule has 20 heavy (non-hydrogen) atoms. The number of nitrogens with zero attached hydrogens (tertiary/aromatic N) is 1. The molecule has 2 aromatic rings. The molecule has 0 bridgehead atoms. The fraction of sp³-hybridized carbons (Fsp3) is 0.357. The van der Waals surface area contributed by atoms with Crippen LogP contribution in [0.2, 0.25) is 0 Å². The molecule has 0 aliphatic rings. The molecule has 0 unspecified atom stereocenters. The lowest BCUT2D eigenvalue weighted by molar-refractivity contribution is -0.163. The van der Waals surface area contributed by atoms with Gasteiger partial charge in [-0.05, 0) is 24.0 Å². The highest BCUT2D eigenvalue weighted by atomic mass is 32.1. The van der Waals surface area contributed by atoms with Crippen LogP contribution in [0.4, 0.5) is 0 Å². The van der Waals surface area contributed by atoms with Crippen molar-refractivity contribution in [2.45, 2.75) is 27.2 Å². The number of hydrogen-bond donors (Lipinski definition) is 2. The van der Waals surface area contributed by atoms with E-state index in [0.717, 1.165) is 12.1 Å². The van der Waals surface area contributed by atoms with E-state index in [1.807, 2.05) is 5.38 Å². The van der Waals surface area contributed by atoms with E-state index in [1.54, 1.807) is 12.1 Å². The summed E-state index contributed by atoms with van der Waals surface area (Å²) >= 11 is 1.45. The molecule has 0 saturated heterocycles. The molecule has 0 radical (unpaired) electrons. The lowest BCUT2D eigenvalue weighted by Crippen LogP contribution is -2.09. The molecule has 1 aromatic carbocycles. The molecule has 2 rings (SSSR count). The smallest absolute Gasteiger partial charge is 0.221 e. The first kappa shape index (κ1) is 14.8. The Morgan fingerprint density at radius 3 is 2.55 bits per heavy atom. The van der Waals surface area contributed by atoms with Crippen molar-refractivity contribution in [2.75, 3.05) is 0 Å². The topological polar surface area (TPSA) is 71.8 Å². The van der Waals surface area contributed by atoms with Crippen molar-refractivity contribution < 1.29 is 20.3 Å². The SMILES string of the molecule is CC(C)(C)Cc1csc(-c2cccc(OO)c2OO)n1. The van der Waals surface area contributed by atoms with Gasteiger partial charge in [-0.1, -0.05) is 26.8 Å². The zero-order valence-corrected chi connectivity index (χ0v) is 12.4. The van der Waals surface area contributed by atoms with E-state index in [4.69, 9.17) is 10.5 Å². The molecule has 6 heteroatoms. The Morgan fingerprint density at radius 1 is 1.20 bits per heavy atom. The Hall–Kier alpha value is -1.63. The van der Waals surface area contributed by atoms with E-state index >= 15 is 0 Å². The molecule has 0 saturated carbocycles. The third-order valence-corrected chi connectivity index (χ3v) is 3.59. The van der Waals surface area contributed by atoms with E-state index in [1.165, 1.54) is 17.4 Å².